The van der Waals surface area contributed by atoms with Crippen molar-refractivity contribution in [2.45, 2.75) is 11.1 Å². The first-order valence-electron chi connectivity index (χ1n) is 7.15. The van der Waals surface area contributed by atoms with Gasteiger partial charge in [-0.05, 0) is 36.4 Å². The van der Waals surface area contributed by atoms with Crippen LogP contribution in [-0.2, 0) is 16.0 Å². The van der Waals surface area contributed by atoms with Crippen molar-refractivity contribution < 1.29 is 21.6 Å². The lowest BCUT2D eigenvalue weighted by molar-refractivity contribution is -0.140. The summed E-state index contributed by atoms with van der Waals surface area (Å²) in [5.74, 6) is -0.0407. The number of benzene rings is 1. The Morgan fingerprint density at radius 1 is 1.08 bits per heavy atom. The number of hydrogen-bond acceptors (Lipinski definition) is 4. The Morgan fingerprint density at radius 2 is 1.73 bits per heavy atom. The number of hydrogen-bond donors (Lipinski definition) is 0. The quantitative estimate of drug-likeness (QED) is 0.665. The highest BCUT2D eigenvalue weighted by atomic mass is 35.5. The van der Waals surface area contributed by atoms with Gasteiger partial charge in [0.05, 0.1) is 9.92 Å². The third-order valence-electron chi connectivity index (χ3n) is 3.50. The fourth-order valence-electron chi connectivity index (χ4n) is 2.26. The number of halogens is 4. The fraction of sp³-hybridized carbons (Fsp3) is 0.125. The van der Waals surface area contributed by atoms with E-state index in [1.165, 1.54) is 47.2 Å². The average molecular weight is 402 g/mol. The Balaban J connectivity index is 2.16. The highest BCUT2D eigenvalue weighted by Gasteiger charge is 2.35. The van der Waals surface area contributed by atoms with Crippen LogP contribution in [0, 0.1) is 0 Å². The number of alkyl halides is 3. The Hall–Kier alpha value is -2.39. The summed E-state index contributed by atoms with van der Waals surface area (Å²) in [4.78, 5) is 7.71. The van der Waals surface area contributed by atoms with Gasteiger partial charge in [0, 0.05) is 24.3 Å². The van der Waals surface area contributed by atoms with Gasteiger partial charge in [-0.15, -0.1) is 0 Å². The third-order valence-corrected chi connectivity index (χ3v) is 4.85. The molecule has 1 aromatic carbocycles. The molecule has 0 fully saturated rings. The van der Waals surface area contributed by atoms with Crippen molar-refractivity contribution in [1.82, 2.24) is 14.5 Å². The molecule has 0 aliphatic heterocycles. The largest absolute Gasteiger partial charge is 0.434 e. The van der Waals surface area contributed by atoms with Crippen molar-refractivity contribution in [3.8, 4) is 17.2 Å². The number of pyridine rings is 1. The Morgan fingerprint density at radius 3 is 2.23 bits per heavy atom. The highest BCUT2D eigenvalue weighted by Crippen LogP contribution is 2.32. The standard InChI is InChI=1S/C16H11ClF3N3O2S/c1-26(24,25)12-5-3-11(4-6-12)23-9-14(16(18,19)20)22-15(23)13-7-2-10(17)8-21-13/h2-9H,1H3. The molecule has 3 rings (SSSR count). The summed E-state index contributed by atoms with van der Waals surface area (Å²) in [5, 5.41) is 0.334. The molecule has 10 heteroatoms. The smallest absolute Gasteiger partial charge is 0.298 e. The van der Waals surface area contributed by atoms with Gasteiger partial charge in [0.1, 0.15) is 5.69 Å². The molecule has 136 valence electrons. The van der Waals surface area contributed by atoms with Gasteiger partial charge in [0.25, 0.3) is 0 Å². The van der Waals surface area contributed by atoms with E-state index >= 15 is 0 Å². The van der Waals surface area contributed by atoms with Crippen molar-refractivity contribution in [3.63, 3.8) is 0 Å². The zero-order valence-corrected chi connectivity index (χ0v) is 14.8. The normalized spacial score (nSPS) is 12.3. The van der Waals surface area contributed by atoms with Crippen molar-refractivity contribution >= 4 is 21.4 Å². The van der Waals surface area contributed by atoms with E-state index in [0.717, 1.165) is 12.5 Å². The van der Waals surface area contributed by atoms with Gasteiger partial charge in [0.2, 0.25) is 0 Å². The first kappa shape index (κ1) is 18.4. The molecule has 2 aromatic heterocycles. The van der Waals surface area contributed by atoms with E-state index in [9.17, 15) is 21.6 Å². The second kappa shape index (κ2) is 6.40. The van der Waals surface area contributed by atoms with E-state index < -0.39 is 21.7 Å². The topological polar surface area (TPSA) is 64.8 Å². The van der Waals surface area contributed by atoms with Crippen molar-refractivity contribution in [3.05, 3.63) is 59.5 Å². The summed E-state index contributed by atoms with van der Waals surface area (Å²) in [6.07, 6.45) is -1.46. The average Bonchev–Trinajstić information content (AvgIpc) is 3.00. The van der Waals surface area contributed by atoms with E-state index in [1.807, 2.05) is 0 Å². The number of imidazole rings is 1. The molecule has 3 aromatic rings. The van der Waals surface area contributed by atoms with Gasteiger partial charge in [-0.1, -0.05) is 11.6 Å². The molecule has 0 radical (unpaired) electrons. The lowest BCUT2D eigenvalue weighted by atomic mass is 10.3. The molecule has 0 atom stereocenters. The van der Waals surface area contributed by atoms with Crippen LogP contribution in [0.1, 0.15) is 5.69 Å². The van der Waals surface area contributed by atoms with Crippen LogP contribution in [-0.4, -0.2) is 29.2 Å². The minimum absolute atomic E-state index is 0.0407. The van der Waals surface area contributed by atoms with E-state index in [0.29, 0.717) is 10.7 Å². The van der Waals surface area contributed by atoms with Crippen molar-refractivity contribution in [2.24, 2.45) is 0 Å². The van der Waals surface area contributed by atoms with Crippen molar-refractivity contribution in [2.75, 3.05) is 6.26 Å². The third kappa shape index (κ3) is 3.73. The summed E-state index contributed by atoms with van der Waals surface area (Å²) >= 11 is 5.77. The molecule has 26 heavy (non-hydrogen) atoms. The van der Waals surface area contributed by atoms with Gasteiger partial charge in [0.15, 0.2) is 21.4 Å². The summed E-state index contributed by atoms with van der Waals surface area (Å²) < 4.78 is 63.6. The Kier molecular flexibility index (Phi) is 4.53. The maximum Gasteiger partial charge on any atom is 0.434 e. The lowest BCUT2D eigenvalue weighted by Crippen LogP contribution is -2.05. The predicted octanol–water partition coefficient (Wildman–Crippen LogP) is 4.01. The van der Waals surface area contributed by atoms with Crippen LogP contribution < -0.4 is 0 Å². The molecule has 0 spiro atoms. The summed E-state index contributed by atoms with van der Waals surface area (Å²) in [6, 6.07) is 8.37. The number of sulfone groups is 1. The molecule has 0 N–H and O–H groups in total. The van der Waals surface area contributed by atoms with Crippen LogP contribution in [0.2, 0.25) is 5.02 Å². The van der Waals surface area contributed by atoms with Crippen LogP contribution in [0.25, 0.3) is 17.2 Å². The van der Waals surface area contributed by atoms with Crippen LogP contribution in [0.4, 0.5) is 13.2 Å². The highest BCUT2D eigenvalue weighted by molar-refractivity contribution is 7.90. The summed E-state index contributed by atoms with van der Waals surface area (Å²) in [6.45, 7) is 0. The molecule has 5 nitrogen and oxygen atoms in total. The molecule has 2 heterocycles. The van der Waals surface area contributed by atoms with Gasteiger partial charge < -0.3 is 0 Å². The SMILES string of the molecule is CS(=O)(=O)c1ccc(-n2cc(C(F)(F)F)nc2-c2ccc(Cl)cn2)cc1. The number of nitrogens with zero attached hydrogens (tertiary/aromatic N) is 3. The molecular formula is C16H11ClF3N3O2S. The molecule has 0 unspecified atom stereocenters. The lowest BCUT2D eigenvalue weighted by Gasteiger charge is -2.08. The molecule has 0 aliphatic carbocycles. The fourth-order valence-corrected chi connectivity index (χ4v) is 3.00. The minimum atomic E-state index is -4.64. The monoisotopic (exact) mass is 401 g/mol. The number of aromatic nitrogens is 3. The van der Waals surface area contributed by atoms with E-state index in [1.54, 1.807) is 0 Å². The predicted molar refractivity (Wildman–Crippen MR) is 89.9 cm³/mol. The summed E-state index contributed by atoms with van der Waals surface area (Å²) in [5.41, 5.74) is -0.583. The number of rotatable bonds is 3. The maximum atomic E-state index is 13.1. The van der Waals surface area contributed by atoms with Gasteiger partial charge in [-0.25, -0.2) is 13.4 Å². The Labute approximate surface area is 152 Å². The van der Waals surface area contributed by atoms with E-state index in [2.05, 4.69) is 9.97 Å². The molecule has 0 saturated carbocycles. The molecule has 0 aliphatic rings. The molecule has 0 bridgehead atoms. The first-order valence-corrected chi connectivity index (χ1v) is 9.41. The van der Waals surface area contributed by atoms with Gasteiger partial charge >= 0.3 is 6.18 Å². The Bertz CT molecular complexity index is 1040. The second-order valence-corrected chi connectivity index (χ2v) is 7.90. The van der Waals surface area contributed by atoms with Gasteiger partial charge in [-0.2, -0.15) is 13.2 Å². The zero-order chi connectivity index (χ0) is 19.1. The van der Waals surface area contributed by atoms with Gasteiger partial charge in [-0.3, -0.25) is 9.55 Å². The van der Waals surface area contributed by atoms with E-state index in [4.69, 9.17) is 11.6 Å². The molecular weight excluding hydrogens is 391 g/mol. The minimum Gasteiger partial charge on any atom is -0.298 e. The molecule has 0 amide bonds. The van der Waals surface area contributed by atoms with Crippen LogP contribution >= 0.6 is 11.6 Å². The van der Waals surface area contributed by atoms with Crippen molar-refractivity contribution in [1.29, 1.82) is 0 Å². The van der Waals surface area contributed by atoms with E-state index in [-0.39, 0.29) is 16.4 Å². The van der Waals surface area contributed by atoms with Crippen LogP contribution in [0.15, 0.2) is 53.7 Å². The first-order chi connectivity index (χ1) is 12.1. The summed E-state index contributed by atoms with van der Waals surface area (Å²) in [7, 11) is -3.42. The maximum absolute atomic E-state index is 13.1. The van der Waals surface area contributed by atoms with Crippen LogP contribution in [0.5, 0.6) is 0 Å². The second-order valence-electron chi connectivity index (χ2n) is 5.45. The van der Waals surface area contributed by atoms with Crippen LogP contribution in [0.3, 0.4) is 0 Å². The molecule has 0 saturated heterocycles. The zero-order valence-electron chi connectivity index (χ0n) is 13.2.